The molecule has 7 nitrogen and oxygen atoms in total. The Kier molecular flexibility index (Phi) is 6.71. The fraction of sp³-hybridized carbons (Fsp3) is 0.333. The lowest BCUT2D eigenvalue weighted by molar-refractivity contribution is -0.129. The first-order chi connectivity index (χ1) is 14.2. The summed E-state index contributed by atoms with van der Waals surface area (Å²) >= 11 is 0. The van der Waals surface area contributed by atoms with Crippen molar-refractivity contribution in [1.29, 1.82) is 0 Å². The number of sulfonamides is 1. The van der Waals surface area contributed by atoms with E-state index in [1.54, 1.807) is 0 Å². The molecule has 9 heteroatoms. The minimum atomic E-state index is -4.00. The van der Waals surface area contributed by atoms with Crippen molar-refractivity contribution in [2.45, 2.75) is 49.6 Å². The average molecular weight is 434 g/mol. The van der Waals surface area contributed by atoms with Crippen LogP contribution in [0.2, 0.25) is 0 Å². The summed E-state index contributed by atoms with van der Waals surface area (Å²) in [6, 6.07) is 10.2. The molecule has 1 aliphatic rings. The number of hydrogen-bond acceptors (Lipinski definition) is 5. The van der Waals surface area contributed by atoms with E-state index in [0.29, 0.717) is 0 Å². The van der Waals surface area contributed by atoms with Crippen molar-refractivity contribution in [3.63, 3.8) is 0 Å². The number of benzene rings is 2. The van der Waals surface area contributed by atoms with Crippen molar-refractivity contribution < 1.29 is 27.1 Å². The molecule has 3 rings (SSSR count). The number of esters is 1. The van der Waals surface area contributed by atoms with Crippen LogP contribution >= 0.6 is 0 Å². The highest BCUT2D eigenvalue weighted by molar-refractivity contribution is 7.92. The lowest BCUT2D eigenvalue weighted by Gasteiger charge is -2.17. The van der Waals surface area contributed by atoms with Crippen LogP contribution in [0, 0.1) is 5.82 Å². The second-order valence-electron chi connectivity index (χ2n) is 7.18. The van der Waals surface area contributed by atoms with E-state index in [4.69, 9.17) is 4.74 Å². The first-order valence-electron chi connectivity index (χ1n) is 9.64. The van der Waals surface area contributed by atoms with Gasteiger partial charge < -0.3 is 10.1 Å². The van der Waals surface area contributed by atoms with Gasteiger partial charge in [-0.05, 0) is 62.2 Å². The van der Waals surface area contributed by atoms with Crippen LogP contribution in [0.4, 0.5) is 10.1 Å². The van der Waals surface area contributed by atoms with Crippen LogP contribution < -0.4 is 10.0 Å². The molecule has 160 valence electrons. The molecular weight excluding hydrogens is 411 g/mol. The summed E-state index contributed by atoms with van der Waals surface area (Å²) in [7, 11) is -4.00. The van der Waals surface area contributed by atoms with Gasteiger partial charge in [0.1, 0.15) is 5.82 Å². The van der Waals surface area contributed by atoms with E-state index < -0.39 is 27.9 Å². The predicted molar refractivity (Wildman–Crippen MR) is 109 cm³/mol. The second kappa shape index (κ2) is 9.25. The van der Waals surface area contributed by atoms with Crippen molar-refractivity contribution >= 4 is 27.6 Å². The standard InChI is InChI=1S/C21H23FN2O5S/c1-14(20(25)23-17-6-2-3-7-17)29-21(26)15-5-4-8-19(13-15)30(27,28)24-18-11-9-16(22)10-12-18/h4-5,8-14,17,24H,2-3,6-7H2,1H3,(H,23,25). The van der Waals surface area contributed by atoms with E-state index in [-0.39, 0.29) is 28.1 Å². The number of ether oxygens (including phenoxy) is 1. The number of halogens is 1. The number of rotatable bonds is 7. The molecule has 30 heavy (non-hydrogen) atoms. The van der Waals surface area contributed by atoms with Gasteiger partial charge in [-0.1, -0.05) is 18.9 Å². The quantitative estimate of drug-likeness (QED) is 0.652. The topological polar surface area (TPSA) is 102 Å². The van der Waals surface area contributed by atoms with Crippen molar-refractivity contribution in [3.8, 4) is 0 Å². The summed E-state index contributed by atoms with van der Waals surface area (Å²) in [6.45, 7) is 1.47. The van der Waals surface area contributed by atoms with E-state index in [9.17, 15) is 22.4 Å². The van der Waals surface area contributed by atoms with Crippen molar-refractivity contribution in [2.75, 3.05) is 4.72 Å². The third-order valence-electron chi connectivity index (χ3n) is 4.83. The molecule has 2 N–H and O–H groups in total. The molecule has 1 aliphatic carbocycles. The van der Waals surface area contributed by atoms with Crippen LogP contribution in [-0.2, 0) is 19.6 Å². The van der Waals surface area contributed by atoms with E-state index in [2.05, 4.69) is 10.0 Å². The molecule has 0 aliphatic heterocycles. The van der Waals surface area contributed by atoms with Gasteiger partial charge in [-0.3, -0.25) is 9.52 Å². The molecule has 0 radical (unpaired) electrons. The highest BCUT2D eigenvalue weighted by Gasteiger charge is 2.24. The second-order valence-corrected chi connectivity index (χ2v) is 8.86. The van der Waals surface area contributed by atoms with Gasteiger partial charge >= 0.3 is 5.97 Å². The minimum Gasteiger partial charge on any atom is -0.449 e. The molecule has 2 aromatic carbocycles. The highest BCUT2D eigenvalue weighted by atomic mass is 32.2. The Morgan fingerprint density at radius 1 is 1.10 bits per heavy atom. The first kappa shape index (κ1) is 21.8. The van der Waals surface area contributed by atoms with Crippen LogP contribution in [0.5, 0.6) is 0 Å². The maximum atomic E-state index is 13.0. The van der Waals surface area contributed by atoms with Crippen molar-refractivity contribution in [1.82, 2.24) is 5.32 Å². The molecule has 0 heterocycles. The Morgan fingerprint density at radius 3 is 2.43 bits per heavy atom. The van der Waals surface area contributed by atoms with E-state index in [1.807, 2.05) is 0 Å². The Balaban J connectivity index is 1.66. The van der Waals surface area contributed by atoms with Crippen LogP contribution in [0.3, 0.4) is 0 Å². The van der Waals surface area contributed by atoms with Gasteiger partial charge in [0, 0.05) is 11.7 Å². The largest absolute Gasteiger partial charge is 0.449 e. The molecule has 0 aromatic heterocycles. The Morgan fingerprint density at radius 2 is 1.77 bits per heavy atom. The number of carbonyl (C=O) groups excluding carboxylic acids is 2. The molecule has 0 spiro atoms. The fourth-order valence-electron chi connectivity index (χ4n) is 3.19. The molecule has 1 saturated carbocycles. The number of carbonyl (C=O) groups is 2. The van der Waals surface area contributed by atoms with Crippen LogP contribution in [-0.4, -0.2) is 32.4 Å². The zero-order valence-corrected chi connectivity index (χ0v) is 17.2. The zero-order valence-electron chi connectivity index (χ0n) is 16.4. The molecule has 1 amide bonds. The monoisotopic (exact) mass is 434 g/mol. The summed E-state index contributed by atoms with van der Waals surface area (Å²) in [5.41, 5.74) is 0.180. The number of amides is 1. The van der Waals surface area contributed by atoms with Gasteiger partial charge in [0.25, 0.3) is 15.9 Å². The molecule has 2 aromatic rings. The van der Waals surface area contributed by atoms with Gasteiger partial charge in [-0.25, -0.2) is 17.6 Å². The molecule has 1 unspecified atom stereocenters. The molecule has 1 fully saturated rings. The van der Waals surface area contributed by atoms with Crippen LogP contribution in [0.15, 0.2) is 53.4 Å². The van der Waals surface area contributed by atoms with E-state index in [1.165, 1.54) is 37.3 Å². The number of nitrogens with one attached hydrogen (secondary N) is 2. The van der Waals surface area contributed by atoms with Crippen molar-refractivity contribution in [3.05, 3.63) is 59.9 Å². The smallest absolute Gasteiger partial charge is 0.338 e. The Labute approximate surface area is 174 Å². The number of anilines is 1. The van der Waals surface area contributed by atoms with Crippen LogP contribution in [0.1, 0.15) is 43.0 Å². The van der Waals surface area contributed by atoms with Crippen molar-refractivity contribution in [2.24, 2.45) is 0 Å². The highest BCUT2D eigenvalue weighted by Crippen LogP contribution is 2.19. The molecule has 0 saturated heterocycles. The third-order valence-corrected chi connectivity index (χ3v) is 6.21. The van der Waals surface area contributed by atoms with Gasteiger partial charge in [-0.15, -0.1) is 0 Å². The Hall–Kier alpha value is -2.94. The lowest BCUT2D eigenvalue weighted by Crippen LogP contribution is -2.40. The van der Waals surface area contributed by atoms with Crippen LogP contribution in [0.25, 0.3) is 0 Å². The summed E-state index contributed by atoms with van der Waals surface area (Å²) in [5.74, 6) is -1.67. The maximum Gasteiger partial charge on any atom is 0.338 e. The summed E-state index contributed by atoms with van der Waals surface area (Å²) in [4.78, 5) is 24.4. The first-order valence-corrected chi connectivity index (χ1v) is 11.1. The van der Waals surface area contributed by atoms with E-state index >= 15 is 0 Å². The average Bonchev–Trinajstić information content (AvgIpc) is 3.22. The number of hydrogen-bond donors (Lipinski definition) is 2. The maximum absolute atomic E-state index is 13.0. The molecule has 1 atom stereocenters. The van der Waals surface area contributed by atoms with Gasteiger partial charge in [0.15, 0.2) is 6.10 Å². The van der Waals surface area contributed by atoms with Gasteiger partial charge in [0.2, 0.25) is 0 Å². The zero-order chi connectivity index (χ0) is 21.7. The fourth-order valence-corrected chi connectivity index (χ4v) is 4.30. The SMILES string of the molecule is CC(OC(=O)c1cccc(S(=O)(=O)Nc2ccc(F)cc2)c1)C(=O)NC1CCCC1. The minimum absolute atomic E-state index is 0.00232. The normalized spacial score (nSPS) is 15.4. The summed E-state index contributed by atoms with van der Waals surface area (Å²) in [5, 5.41) is 2.85. The van der Waals surface area contributed by atoms with Gasteiger partial charge in [-0.2, -0.15) is 0 Å². The molecular formula is C21H23FN2O5S. The summed E-state index contributed by atoms with van der Waals surface area (Å²) < 4.78 is 45.6. The molecule has 0 bridgehead atoms. The van der Waals surface area contributed by atoms with E-state index in [0.717, 1.165) is 43.9 Å². The summed E-state index contributed by atoms with van der Waals surface area (Å²) in [6.07, 6.45) is 2.94. The Bertz CT molecular complexity index is 1020. The van der Waals surface area contributed by atoms with Gasteiger partial charge in [0.05, 0.1) is 10.5 Å². The predicted octanol–water partition coefficient (Wildman–Crippen LogP) is 3.23. The third kappa shape index (κ3) is 5.56. The lowest BCUT2D eigenvalue weighted by atomic mass is 10.2.